The van der Waals surface area contributed by atoms with Gasteiger partial charge in [-0.3, -0.25) is 0 Å². The molecule has 0 fully saturated rings. The van der Waals surface area contributed by atoms with Gasteiger partial charge in [0, 0.05) is 16.3 Å². The van der Waals surface area contributed by atoms with Crippen molar-refractivity contribution in [2.75, 3.05) is 13.6 Å². The Kier molecular flexibility index (Phi) is 3.93. The smallest absolute Gasteiger partial charge is 0.0342 e. The van der Waals surface area contributed by atoms with E-state index in [-0.39, 0.29) is 0 Å². The quantitative estimate of drug-likeness (QED) is 0.725. The lowest BCUT2D eigenvalue weighted by Gasteiger charge is -1.97. The van der Waals surface area contributed by atoms with E-state index in [1.807, 2.05) is 13.1 Å². The highest BCUT2D eigenvalue weighted by Crippen LogP contribution is 2.23. The van der Waals surface area contributed by atoms with Crippen molar-refractivity contribution < 1.29 is 0 Å². The van der Waals surface area contributed by atoms with Crippen LogP contribution in [0.5, 0.6) is 0 Å². The fourth-order valence-electron chi connectivity index (χ4n) is 1.09. The first-order valence-electron chi connectivity index (χ1n) is 4.32. The van der Waals surface area contributed by atoms with Gasteiger partial charge >= 0.3 is 0 Å². The number of thiophene rings is 1. The minimum absolute atomic E-state index is 0.887. The third-order valence-corrected chi connectivity index (χ3v) is 2.82. The van der Waals surface area contributed by atoms with E-state index in [1.165, 1.54) is 15.3 Å². The molecule has 13 heavy (non-hydrogen) atoms. The summed E-state index contributed by atoms with van der Waals surface area (Å²) in [5, 5.41) is 3.09. The van der Waals surface area contributed by atoms with E-state index in [0.717, 1.165) is 6.54 Å². The summed E-state index contributed by atoms with van der Waals surface area (Å²) in [6, 6.07) is 4.28. The van der Waals surface area contributed by atoms with Gasteiger partial charge in [-0.25, -0.2) is 0 Å². The average molecular weight is 193 g/mol. The third kappa shape index (κ3) is 2.83. The number of aryl methyl sites for hydroxylation is 1. The molecule has 1 rings (SSSR count). The maximum Gasteiger partial charge on any atom is 0.0342 e. The van der Waals surface area contributed by atoms with Crippen LogP contribution in [0.2, 0.25) is 0 Å². The van der Waals surface area contributed by atoms with Gasteiger partial charge in [0.25, 0.3) is 0 Å². The first-order valence-corrected chi connectivity index (χ1v) is 5.13. The molecule has 0 aliphatic carbocycles. The fourth-order valence-corrected chi connectivity index (χ4v) is 1.99. The molecule has 0 saturated carbocycles. The molecule has 1 aromatic heterocycles. The summed E-state index contributed by atoms with van der Waals surface area (Å²) in [7, 11) is 1.94. The van der Waals surface area contributed by atoms with Gasteiger partial charge < -0.3 is 5.32 Å². The number of hydrogen-bond donors (Lipinski definition) is 1. The number of hydrogen-bond acceptors (Lipinski definition) is 2. The number of nitrogens with one attached hydrogen (secondary N) is 1. The highest BCUT2D eigenvalue weighted by Gasteiger charge is 1.99. The second kappa shape index (κ2) is 5.00. The topological polar surface area (TPSA) is 12.0 Å². The Bertz CT molecular complexity index is 310. The lowest BCUT2D eigenvalue weighted by molar-refractivity contribution is 0.921. The molecule has 1 heterocycles. The molecule has 2 heteroatoms. The van der Waals surface area contributed by atoms with Gasteiger partial charge in [-0.05, 0) is 31.7 Å². The molecule has 0 aliphatic rings. The van der Waals surface area contributed by atoms with E-state index in [1.54, 1.807) is 11.3 Å². The molecule has 0 spiro atoms. The minimum Gasteiger partial charge on any atom is -0.316 e. The average Bonchev–Trinajstić information content (AvgIpc) is 2.54. The first kappa shape index (κ1) is 10.2. The minimum atomic E-state index is 0.887. The molecule has 0 saturated heterocycles. The van der Waals surface area contributed by atoms with Gasteiger partial charge in [-0.1, -0.05) is 18.7 Å². The van der Waals surface area contributed by atoms with Crippen molar-refractivity contribution in [1.82, 2.24) is 5.32 Å². The van der Waals surface area contributed by atoms with Crippen LogP contribution < -0.4 is 5.32 Å². The van der Waals surface area contributed by atoms with Crippen LogP contribution in [0.4, 0.5) is 0 Å². The SMILES string of the molecule is C=C/C(=C\CNC)c1ccc(C)s1. The maximum atomic E-state index is 3.81. The number of rotatable bonds is 4. The zero-order valence-corrected chi connectivity index (χ0v) is 8.95. The Morgan fingerprint density at radius 1 is 1.62 bits per heavy atom. The molecule has 1 N–H and O–H groups in total. The van der Waals surface area contributed by atoms with E-state index in [9.17, 15) is 0 Å². The Morgan fingerprint density at radius 3 is 2.85 bits per heavy atom. The Balaban J connectivity index is 2.84. The third-order valence-electron chi connectivity index (χ3n) is 1.77. The molecule has 0 bridgehead atoms. The molecule has 70 valence electrons. The van der Waals surface area contributed by atoms with E-state index >= 15 is 0 Å². The van der Waals surface area contributed by atoms with Crippen molar-refractivity contribution in [2.24, 2.45) is 0 Å². The largest absolute Gasteiger partial charge is 0.316 e. The van der Waals surface area contributed by atoms with Gasteiger partial charge in [0.05, 0.1) is 0 Å². The Labute approximate surface area is 83.8 Å². The van der Waals surface area contributed by atoms with Crippen molar-refractivity contribution in [3.8, 4) is 0 Å². The van der Waals surface area contributed by atoms with Crippen molar-refractivity contribution in [2.45, 2.75) is 6.92 Å². The molecule has 0 radical (unpaired) electrons. The second-order valence-corrected chi connectivity index (χ2v) is 4.12. The van der Waals surface area contributed by atoms with E-state index < -0.39 is 0 Å². The fraction of sp³-hybridized carbons (Fsp3) is 0.273. The molecular formula is C11H15NS. The van der Waals surface area contributed by atoms with E-state index in [2.05, 4.69) is 37.0 Å². The van der Waals surface area contributed by atoms with Crippen LogP contribution in [0.1, 0.15) is 9.75 Å². The van der Waals surface area contributed by atoms with Crippen LogP contribution in [0, 0.1) is 6.92 Å². The summed E-state index contributed by atoms with van der Waals surface area (Å²) in [6.07, 6.45) is 4.06. The first-order chi connectivity index (χ1) is 6.27. The van der Waals surface area contributed by atoms with Crippen molar-refractivity contribution in [3.63, 3.8) is 0 Å². The molecule has 0 unspecified atom stereocenters. The van der Waals surface area contributed by atoms with Gasteiger partial charge in [-0.15, -0.1) is 11.3 Å². The summed E-state index contributed by atoms with van der Waals surface area (Å²) in [5.74, 6) is 0. The lowest BCUT2D eigenvalue weighted by atomic mass is 10.2. The second-order valence-electron chi connectivity index (χ2n) is 2.83. The number of likely N-dealkylation sites (N-methyl/N-ethyl adjacent to an activating group) is 1. The highest BCUT2D eigenvalue weighted by atomic mass is 32.1. The van der Waals surface area contributed by atoms with E-state index in [0.29, 0.717) is 0 Å². The van der Waals surface area contributed by atoms with Gasteiger partial charge in [0.15, 0.2) is 0 Å². The molecule has 0 amide bonds. The predicted molar refractivity (Wildman–Crippen MR) is 61.2 cm³/mol. The Morgan fingerprint density at radius 2 is 2.38 bits per heavy atom. The lowest BCUT2D eigenvalue weighted by Crippen LogP contribution is -2.04. The summed E-state index contributed by atoms with van der Waals surface area (Å²) >= 11 is 1.80. The molecular weight excluding hydrogens is 178 g/mol. The maximum absolute atomic E-state index is 3.81. The van der Waals surface area contributed by atoms with Crippen LogP contribution >= 0.6 is 11.3 Å². The summed E-state index contributed by atoms with van der Waals surface area (Å²) < 4.78 is 0. The molecule has 0 atom stereocenters. The van der Waals surface area contributed by atoms with Crippen molar-refractivity contribution in [3.05, 3.63) is 40.6 Å². The summed E-state index contributed by atoms with van der Waals surface area (Å²) in [4.78, 5) is 2.63. The van der Waals surface area contributed by atoms with Crippen LogP contribution in [0.25, 0.3) is 5.57 Å². The van der Waals surface area contributed by atoms with Gasteiger partial charge in [0.1, 0.15) is 0 Å². The highest BCUT2D eigenvalue weighted by molar-refractivity contribution is 7.13. The van der Waals surface area contributed by atoms with Crippen molar-refractivity contribution in [1.29, 1.82) is 0 Å². The van der Waals surface area contributed by atoms with Crippen LogP contribution in [0.15, 0.2) is 30.9 Å². The summed E-state index contributed by atoms with van der Waals surface area (Å²) in [6.45, 7) is 6.82. The molecule has 0 aromatic carbocycles. The van der Waals surface area contributed by atoms with E-state index in [4.69, 9.17) is 0 Å². The van der Waals surface area contributed by atoms with Gasteiger partial charge in [-0.2, -0.15) is 0 Å². The van der Waals surface area contributed by atoms with Crippen LogP contribution in [-0.4, -0.2) is 13.6 Å². The normalized spacial score (nSPS) is 11.7. The number of allylic oxidation sites excluding steroid dienone is 2. The predicted octanol–water partition coefficient (Wildman–Crippen LogP) is 2.85. The van der Waals surface area contributed by atoms with Crippen LogP contribution in [-0.2, 0) is 0 Å². The standard InChI is InChI=1S/C11H15NS/c1-4-10(7-8-12-3)11-6-5-9(2)13-11/h4-7,12H,1,8H2,2-3H3/b10-7+. The van der Waals surface area contributed by atoms with Crippen LogP contribution in [0.3, 0.4) is 0 Å². The Hall–Kier alpha value is -0.860. The molecule has 1 nitrogen and oxygen atoms in total. The van der Waals surface area contributed by atoms with Gasteiger partial charge in [0.2, 0.25) is 0 Å². The zero-order chi connectivity index (χ0) is 9.68. The molecule has 1 aromatic rings. The summed E-state index contributed by atoms with van der Waals surface area (Å²) in [5.41, 5.74) is 1.22. The zero-order valence-electron chi connectivity index (χ0n) is 8.13. The monoisotopic (exact) mass is 193 g/mol. The van der Waals surface area contributed by atoms with Crippen molar-refractivity contribution >= 4 is 16.9 Å². The molecule has 0 aliphatic heterocycles.